The fourth-order valence-corrected chi connectivity index (χ4v) is 1.55. The molecule has 2 aromatic rings. The topological polar surface area (TPSA) is 43.8 Å². The molecule has 0 spiro atoms. The normalized spacial score (nSPS) is 12.7. The van der Waals surface area contributed by atoms with Crippen molar-refractivity contribution in [3.8, 4) is 5.69 Å². The summed E-state index contributed by atoms with van der Waals surface area (Å²) in [4.78, 5) is 0. The molecule has 0 radical (unpaired) electrons. The number of halogens is 6. The number of alkyl halides is 6. The molecular formula is C11H7F6N3. The van der Waals surface area contributed by atoms with Crippen LogP contribution in [-0.4, -0.2) is 9.78 Å². The third kappa shape index (κ3) is 2.86. The number of nitrogens with two attached hydrogens (primary N) is 1. The number of nitrogen functional groups attached to an aromatic ring is 1. The van der Waals surface area contributed by atoms with E-state index < -0.39 is 23.6 Å². The van der Waals surface area contributed by atoms with Gasteiger partial charge in [0.05, 0.1) is 11.3 Å². The maximum absolute atomic E-state index is 12.6. The second-order valence-corrected chi connectivity index (χ2v) is 3.95. The maximum atomic E-state index is 12.6. The Bertz CT molecular complexity index is 626. The minimum atomic E-state index is -4.67. The van der Waals surface area contributed by atoms with Crippen LogP contribution in [0.2, 0.25) is 0 Å². The van der Waals surface area contributed by atoms with Crippen LogP contribution in [-0.2, 0) is 12.4 Å². The van der Waals surface area contributed by atoms with Crippen LogP contribution >= 0.6 is 0 Å². The lowest BCUT2D eigenvalue weighted by Crippen LogP contribution is -2.09. The Labute approximate surface area is 108 Å². The molecule has 20 heavy (non-hydrogen) atoms. The summed E-state index contributed by atoms with van der Waals surface area (Å²) in [5, 5.41) is 3.18. The number of hydrogen-bond donors (Lipinski definition) is 1. The van der Waals surface area contributed by atoms with E-state index in [9.17, 15) is 26.3 Å². The highest BCUT2D eigenvalue weighted by Gasteiger charge is 2.34. The number of anilines is 1. The van der Waals surface area contributed by atoms with Crippen molar-refractivity contribution in [2.24, 2.45) is 0 Å². The van der Waals surface area contributed by atoms with Crippen molar-refractivity contribution in [2.45, 2.75) is 12.4 Å². The Morgan fingerprint density at radius 1 is 0.950 bits per heavy atom. The Morgan fingerprint density at radius 3 is 2.10 bits per heavy atom. The largest absolute Gasteiger partial charge is 0.435 e. The molecule has 3 nitrogen and oxygen atoms in total. The van der Waals surface area contributed by atoms with Gasteiger partial charge in [0.25, 0.3) is 0 Å². The predicted molar refractivity (Wildman–Crippen MR) is 58.0 cm³/mol. The summed E-state index contributed by atoms with van der Waals surface area (Å²) in [6.07, 6.45) is -8.40. The van der Waals surface area contributed by atoms with E-state index in [-0.39, 0.29) is 11.4 Å². The summed E-state index contributed by atoms with van der Waals surface area (Å²) >= 11 is 0. The van der Waals surface area contributed by atoms with Gasteiger partial charge in [-0.15, -0.1) is 0 Å². The van der Waals surface area contributed by atoms with Gasteiger partial charge in [0, 0.05) is 11.9 Å². The first-order valence-electron chi connectivity index (χ1n) is 5.18. The van der Waals surface area contributed by atoms with Gasteiger partial charge in [-0.25, -0.2) is 4.68 Å². The Balaban J connectivity index is 2.48. The van der Waals surface area contributed by atoms with Crippen molar-refractivity contribution in [1.82, 2.24) is 9.78 Å². The van der Waals surface area contributed by atoms with Gasteiger partial charge in [0.2, 0.25) is 0 Å². The van der Waals surface area contributed by atoms with Crippen molar-refractivity contribution in [3.63, 3.8) is 0 Å². The average Bonchev–Trinajstić information content (AvgIpc) is 2.75. The molecule has 1 aromatic heterocycles. The van der Waals surface area contributed by atoms with E-state index in [0.29, 0.717) is 22.9 Å². The molecule has 0 unspecified atom stereocenters. The number of hydrogen-bond acceptors (Lipinski definition) is 2. The molecule has 2 rings (SSSR count). The zero-order valence-electron chi connectivity index (χ0n) is 9.63. The summed E-state index contributed by atoms with van der Waals surface area (Å²) in [5.74, 6) is 0. The highest BCUT2D eigenvalue weighted by Crippen LogP contribution is 2.33. The van der Waals surface area contributed by atoms with Crippen LogP contribution in [0.15, 0.2) is 30.5 Å². The SMILES string of the molecule is Nc1cc(-n2ccc(C(F)(F)F)n2)cc(C(F)(F)F)c1. The zero-order valence-corrected chi connectivity index (χ0v) is 9.63. The smallest absolute Gasteiger partial charge is 0.399 e. The maximum Gasteiger partial charge on any atom is 0.435 e. The van der Waals surface area contributed by atoms with E-state index >= 15 is 0 Å². The van der Waals surface area contributed by atoms with Crippen LogP contribution < -0.4 is 5.73 Å². The van der Waals surface area contributed by atoms with Crippen LogP contribution in [0.25, 0.3) is 5.69 Å². The number of benzene rings is 1. The first-order chi connectivity index (χ1) is 9.07. The van der Waals surface area contributed by atoms with Crippen LogP contribution in [0.1, 0.15) is 11.3 Å². The lowest BCUT2D eigenvalue weighted by Gasteiger charge is -2.10. The van der Waals surface area contributed by atoms with Crippen molar-refractivity contribution in [2.75, 3.05) is 5.73 Å². The van der Waals surface area contributed by atoms with Crippen molar-refractivity contribution in [1.29, 1.82) is 0 Å². The molecule has 0 aliphatic heterocycles. The second-order valence-electron chi connectivity index (χ2n) is 3.95. The highest BCUT2D eigenvalue weighted by molar-refractivity contribution is 5.51. The van der Waals surface area contributed by atoms with E-state index in [1.54, 1.807) is 0 Å². The van der Waals surface area contributed by atoms with Crippen molar-refractivity contribution < 1.29 is 26.3 Å². The zero-order chi connectivity index (χ0) is 15.1. The highest BCUT2D eigenvalue weighted by atomic mass is 19.4. The molecule has 0 amide bonds. The molecule has 0 fully saturated rings. The van der Waals surface area contributed by atoms with Gasteiger partial charge >= 0.3 is 12.4 Å². The van der Waals surface area contributed by atoms with Crippen LogP contribution in [0.4, 0.5) is 32.0 Å². The van der Waals surface area contributed by atoms with E-state index in [1.165, 1.54) is 0 Å². The molecular weight excluding hydrogens is 288 g/mol. The predicted octanol–water partition coefficient (Wildman–Crippen LogP) is 3.49. The first kappa shape index (κ1) is 14.2. The molecule has 108 valence electrons. The standard InChI is InChI=1S/C11H7F6N3/c12-10(13,14)6-3-7(18)5-8(4-6)20-2-1-9(19-20)11(15,16)17/h1-5H,18H2. The average molecular weight is 295 g/mol. The minimum Gasteiger partial charge on any atom is -0.399 e. The van der Waals surface area contributed by atoms with Crippen molar-refractivity contribution >= 4 is 5.69 Å². The second kappa shape index (κ2) is 4.43. The summed E-state index contributed by atoms with van der Waals surface area (Å²) in [6, 6.07) is 3.13. The lowest BCUT2D eigenvalue weighted by atomic mass is 10.1. The van der Waals surface area contributed by atoms with Gasteiger partial charge in [-0.2, -0.15) is 31.4 Å². The van der Waals surface area contributed by atoms with Crippen LogP contribution in [0.5, 0.6) is 0 Å². The minimum absolute atomic E-state index is 0.201. The molecule has 0 bridgehead atoms. The summed E-state index contributed by atoms with van der Waals surface area (Å²) in [7, 11) is 0. The monoisotopic (exact) mass is 295 g/mol. The van der Waals surface area contributed by atoms with Gasteiger partial charge in [-0.1, -0.05) is 0 Å². The molecule has 0 aliphatic rings. The molecule has 0 aliphatic carbocycles. The van der Waals surface area contributed by atoms with E-state index in [4.69, 9.17) is 5.73 Å². The van der Waals surface area contributed by atoms with E-state index in [1.807, 2.05) is 0 Å². The van der Waals surface area contributed by atoms with Gasteiger partial charge in [-0.05, 0) is 24.3 Å². The summed E-state index contributed by atoms with van der Waals surface area (Å²) in [6.45, 7) is 0. The quantitative estimate of drug-likeness (QED) is 0.646. The fraction of sp³-hybridized carbons (Fsp3) is 0.182. The number of nitrogens with zero attached hydrogens (tertiary/aromatic N) is 2. The molecule has 9 heteroatoms. The molecule has 2 N–H and O–H groups in total. The summed E-state index contributed by atoms with van der Waals surface area (Å²) in [5.41, 5.74) is 2.64. The summed E-state index contributed by atoms with van der Waals surface area (Å²) < 4.78 is 75.6. The molecule has 1 aromatic carbocycles. The Morgan fingerprint density at radius 2 is 1.60 bits per heavy atom. The van der Waals surface area contributed by atoms with Crippen LogP contribution in [0.3, 0.4) is 0 Å². The first-order valence-corrected chi connectivity index (χ1v) is 5.18. The Kier molecular flexibility index (Phi) is 3.15. The Hall–Kier alpha value is -2.19. The fourth-order valence-electron chi connectivity index (χ4n) is 1.55. The van der Waals surface area contributed by atoms with Crippen LogP contribution in [0, 0.1) is 0 Å². The van der Waals surface area contributed by atoms with Crippen molar-refractivity contribution in [3.05, 3.63) is 41.7 Å². The molecule has 0 saturated carbocycles. The molecule has 1 heterocycles. The van der Waals surface area contributed by atoms with Gasteiger partial charge in [-0.3, -0.25) is 0 Å². The third-order valence-corrected chi connectivity index (χ3v) is 2.41. The lowest BCUT2D eigenvalue weighted by molar-refractivity contribution is -0.141. The number of aromatic nitrogens is 2. The van der Waals surface area contributed by atoms with Gasteiger partial charge < -0.3 is 5.73 Å². The third-order valence-electron chi connectivity index (χ3n) is 2.41. The van der Waals surface area contributed by atoms with E-state index in [0.717, 1.165) is 12.3 Å². The number of rotatable bonds is 1. The molecule has 0 saturated heterocycles. The van der Waals surface area contributed by atoms with Gasteiger partial charge in [0.1, 0.15) is 0 Å². The van der Waals surface area contributed by atoms with Gasteiger partial charge in [0.15, 0.2) is 5.69 Å². The molecule has 0 atom stereocenters. The van der Waals surface area contributed by atoms with E-state index in [2.05, 4.69) is 5.10 Å².